The summed E-state index contributed by atoms with van der Waals surface area (Å²) < 4.78 is 0. The zero-order valence-electron chi connectivity index (χ0n) is 13.6. The second-order valence-electron chi connectivity index (χ2n) is 5.29. The van der Waals surface area contributed by atoms with E-state index < -0.39 is 5.91 Å². The smallest absolute Gasteiger partial charge is 0.271 e. The van der Waals surface area contributed by atoms with Crippen molar-refractivity contribution in [3.8, 4) is 6.07 Å². The van der Waals surface area contributed by atoms with Gasteiger partial charge in [-0.3, -0.25) is 9.59 Å². The Labute approximate surface area is 145 Å². The van der Waals surface area contributed by atoms with Crippen molar-refractivity contribution < 1.29 is 9.59 Å². The molecule has 0 heterocycles. The van der Waals surface area contributed by atoms with Crippen LogP contribution in [0.2, 0.25) is 0 Å². The van der Waals surface area contributed by atoms with Crippen molar-refractivity contribution in [1.29, 1.82) is 5.26 Å². The maximum Gasteiger partial charge on any atom is 0.271 e. The normalized spacial score (nSPS) is 10.6. The van der Waals surface area contributed by atoms with Crippen LogP contribution in [0.25, 0.3) is 0 Å². The number of nitrogen functional groups attached to an aromatic ring is 1. The maximum atomic E-state index is 12.0. The number of hydrogen-bond acceptors (Lipinski definition) is 5. The molecule has 4 N–H and O–H groups in total. The molecule has 0 unspecified atom stereocenters. The molecule has 0 aliphatic rings. The minimum absolute atomic E-state index is 0.0121. The van der Waals surface area contributed by atoms with Crippen LogP contribution >= 0.6 is 0 Å². The minimum Gasteiger partial charge on any atom is -0.399 e. The first-order valence-corrected chi connectivity index (χ1v) is 7.47. The molecule has 0 fully saturated rings. The Morgan fingerprint density at radius 2 is 1.84 bits per heavy atom. The van der Waals surface area contributed by atoms with Crippen LogP contribution in [-0.4, -0.2) is 17.5 Å². The van der Waals surface area contributed by atoms with E-state index in [1.807, 2.05) is 6.07 Å². The third-order valence-electron chi connectivity index (χ3n) is 3.26. The topological polar surface area (TPSA) is 120 Å². The summed E-state index contributed by atoms with van der Waals surface area (Å²) in [6.45, 7) is 1.62. The molecule has 0 saturated carbocycles. The lowest BCUT2D eigenvalue weighted by atomic mass is 10.2. The Morgan fingerprint density at radius 3 is 2.52 bits per heavy atom. The third-order valence-corrected chi connectivity index (χ3v) is 3.26. The van der Waals surface area contributed by atoms with Gasteiger partial charge < -0.3 is 11.1 Å². The van der Waals surface area contributed by atoms with Crippen molar-refractivity contribution in [3.05, 3.63) is 59.7 Å². The van der Waals surface area contributed by atoms with Gasteiger partial charge in [-0.25, -0.2) is 5.43 Å². The SMILES string of the molecule is C/C(CC(=O)Nc1ccccc1C#N)=N/NC(=O)c1ccc(N)cc1. The molecule has 0 aliphatic heterocycles. The number of nitrogens with one attached hydrogen (secondary N) is 2. The van der Waals surface area contributed by atoms with Gasteiger partial charge >= 0.3 is 0 Å². The Morgan fingerprint density at radius 1 is 1.16 bits per heavy atom. The predicted molar refractivity (Wildman–Crippen MR) is 95.8 cm³/mol. The average Bonchev–Trinajstić information content (AvgIpc) is 2.60. The molecule has 0 radical (unpaired) electrons. The zero-order valence-corrected chi connectivity index (χ0v) is 13.6. The van der Waals surface area contributed by atoms with Crippen LogP contribution in [-0.2, 0) is 4.79 Å². The van der Waals surface area contributed by atoms with E-state index in [0.717, 1.165) is 0 Å². The summed E-state index contributed by atoms with van der Waals surface area (Å²) in [6, 6.07) is 15.1. The zero-order chi connectivity index (χ0) is 18.2. The van der Waals surface area contributed by atoms with Gasteiger partial charge in [-0.1, -0.05) is 12.1 Å². The van der Waals surface area contributed by atoms with E-state index in [1.165, 1.54) is 0 Å². The Hall–Kier alpha value is -3.66. The van der Waals surface area contributed by atoms with Gasteiger partial charge in [-0.2, -0.15) is 10.4 Å². The van der Waals surface area contributed by atoms with Gasteiger partial charge in [-0.05, 0) is 43.3 Å². The number of anilines is 2. The molecule has 0 saturated heterocycles. The quantitative estimate of drug-likeness (QED) is 0.441. The second-order valence-corrected chi connectivity index (χ2v) is 5.29. The number of benzene rings is 2. The van der Waals surface area contributed by atoms with Crippen molar-refractivity contribution in [3.63, 3.8) is 0 Å². The summed E-state index contributed by atoms with van der Waals surface area (Å²) in [5, 5.41) is 15.6. The monoisotopic (exact) mass is 335 g/mol. The van der Waals surface area contributed by atoms with Crippen molar-refractivity contribution in [1.82, 2.24) is 5.43 Å². The highest BCUT2D eigenvalue weighted by atomic mass is 16.2. The fourth-order valence-electron chi connectivity index (χ4n) is 2.00. The van der Waals surface area contributed by atoms with E-state index in [4.69, 9.17) is 11.0 Å². The van der Waals surface area contributed by atoms with Crippen LogP contribution < -0.4 is 16.5 Å². The van der Waals surface area contributed by atoms with E-state index in [1.54, 1.807) is 55.5 Å². The summed E-state index contributed by atoms with van der Waals surface area (Å²) in [7, 11) is 0. The fourth-order valence-corrected chi connectivity index (χ4v) is 2.00. The summed E-state index contributed by atoms with van der Waals surface area (Å²) in [6.07, 6.45) is -0.0121. The number of hydrogen-bond donors (Lipinski definition) is 3. The van der Waals surface area contributed by atoms with Gasteiger partial charge in [-0.15, -0.1) is 0 Å². The van der Waals surface area contributed by atoms with Crippen LogP contribution in [0.15, 0.2) is 53.6 Å². The first-order valence-electron chi connectivity index (χ1n) is 7.47. The molecule has 7 nitrogen and oxygen atoms in total. The molecule has 2 amide bonds. The molecule has 0 atom stereocenters. The molecule has 0 spiro atoms. The molecule has 0 aromatic heterocycles. The van der Waals surface area contributed by atoms with Gasteiger partial charge in [0.1, 0.15) is 6.07 Å². The molecule has 0 bridgehead atoms. The number of amides is 2. The van der Waals surface area contributed by atoms with Crippen molar-refractivity contribution >= 4 is 28.9 Å². The molecular formula is C18H17N5O2. The molecule has 2 aromatic carbocycles. The van der Waals surface area contributed by atoms with Gasteiger partial charge in [0.25, 0.3) is 5.91 Å². The largest absolute Gasteiger partial charge is 0.399 e. The van der Waals surface area contributed by atoms with E-state index in [2.05, 4.69) is 15.8 Å². The van der Waals surface area contributed by atoms with Crippen molar-refractivity contribution in [2.75, 3.05) is 11.1 Å². The van der Waals surface area contributed by atoms with Crippen molar-refractivity contribution in [2.45, 2.75) is 13.3 Å². The number of nitrogens with two attached hydrogens (primary N) is 1. The fraction of sp³-hybridized carbons (Fsp3) is 0.111. The summed E-state index contributed by atoms with van der Waals surface area (Å²) in [4.78, 5) is 23.9. The number of nitrogens with zero attached hydrogens (tertiary/aromatic N) is 2. The summed E-state index contributed by atoms with van der Waals surface area (Å²) in [5.41, 5.74) is 10.2. The van der Waals surface area contributed by atoms with E-state index in [0.29, 0.717) is 28.2 Å². The van der Waals surface area contributed by atoms with Crippen LogP contribution in [0.3, 0.4) is 0 Å². The molecule has 2 rings (SSSR count). The highest BCUT2D eigenvalue weighted by Gasteiger charge is 2.09. The van der Waals surface area contributed by atoms with E-state index in [9.17, 15) is 9.59 Å². The lowest BCUT2D eigenvalue weighted by molar-refractivity contribution is -0.115. The number of carbonyl (C=O) groups is 2. The lowest BCUT2D eigenvalue weighted by Gasteiger charge is -2.07. The Kier molecular flexibility index (Phi) is 5.85. The lowest BCUT2D eigenvalue weighted by Crippen LogP contribution is -2.21. The first-order chi connectivity index (χ1) is 12.0. The molecule has 7 heteroatoms. The van der Waals surface area contributed by atoms with Crippen LogP contribution in [0, 0.1) is 11.3 Å². The standard InChI is InChI=1S/C18H17N5O2/c1-12(22-23-18(25)13-6-8-15(20)9-7-13)10-17(24)21-16-5-3-2-4-14(16)11-19/h2-9H,10,20H2,1H3,(H,21,24)(H,23,25)/b22-12-. The van der Waals surface area contributed by atoms with Gasteiger partial charge in [0.2, 0.25) is 5.91 Å². The third kappa shape index (κ3) is 5.18. The highest BCUT2D eigenvalue weighted by molar-refractivity contribution is 6.06. The second kappa shape index (κ2) is 8.26. The van der Waals surface area contributed by atoms with Gasteiger partial charge in [0, 0.05) is 17.0 Å². The Balaban J connectivity index is 1.92. The number of nitriles is 1. The minimum atomic E-state index is -0.394. The summed E-state index contributed by atoms with van der Waals surface area (Å²) in [5.74, 6) is -0.722. The number of rotatable bonds is 5. The predicted octanol–water partition coefficient (Wildman–Crippen LogP) is 2.27. The first kappa shape index (κ1) is 17.7. The maximum absolute atomic E-state index is 12.0. The molecule has 25 heavy (non-hydrogen) atoms. The highest BCUT2D eigenvalue weighted by Crippen LogP contribution is 2.13. The van der Waals surface area contributed by atoms with E-state index >= 15 is 0 Å². The summed E-state index contributed by atoms with van der Waals surface area (Å²) >= 11 is 0. The molecule has 2 aromatic rings. The molecule has 126 valence electrons. The number of carbonyl (C=O) groups excluding carboxylic acids is 2. The average molecular weight is 335 g/mol. The number of hydrazone groups is 1. The van der Waals surface area contributed by atoms with Crippen molar-refractivity contribution in [2.24, 2.45) is 5.10 Å². The molecular weight excluding hydrogens is 318 g/mol. The molecule has 0 aliphatic carbocycles. The number of para-hydroxylation sites is 1. The van der Waals surface area contributed by atoms with Crippen LogP contribution in [0.1, 0.15) is 29.3 Å². The van der Waals surface area contributed by atoms with Crippen LogP contribution in [0.5, 0.6) is 0 Å². The van der Waals surface area contributed by atoms with E-state index in [-0.39, 0.29) is 12.3 Å². The Bertz CT molecular complexity index is 851. The van der Waals surface area contributed by atoms with Crippen LogP contribution in [0.4, 0.5) is 11.4 Å². The van der Waals surface area contributed by atoms with Gasteiger partial charge in [0.05, 0.1) is 17.7 Å². The van der Waals surface area contributed by atoms with Gasteiger partial charge in [0.15, 0.2) is 0 Å².